The van der Waals surface area contributed by atoms with E-state index in [1.807, 2.05) is 0 Å². The Morgan fingerprint density at radius 3 is 0.625 bits per heavy atom. The summed E-state index contributed by atoms with van der Waals surface area (Å²) in [5, 5.41) is 0. The minimum Gasteiger partial charge on any atom is -0.351 e. The molecule has 0 aromatic rings. The highest BCUT2D eigenvalue weighted by atomic mass is 28.1. The number of nitrogens with zero attached hydrogens (tertiary/aromatic N) is 3. The van der Waals surface area contributed by atoms with Gasteiger partial charge in [0, 0.05) is 53.3 Å². The summed E-state index contributed by atoms with van der Waals surface area (Å²) >= 11 is 0. The molecule has 0 aromatic carbocycles. The second-order valence-corrected chi connectivity index (χ2v) is 3.21. The van der Waals surface area contributed by atoms with Crippen LogP contribution in [0.3, 0.4) is 0 Å². The van der Waals surface area contributed by atoms with Crippen LogP contribution in [0.5, 0.6) is 0 Å². The van der Waals surface area contributed by atoms with Crippen molar-refractivity contribution in [1.29, 1.82) is 0 Å². The van der Waals surface area contributed by atoms with Crippen LogP contribution in [0.4, 0.5) is 0 Å². The summed E-state index contributed by atoms with van der Waals surface area (Å²) in [5.41, 5.74) is 0. The van der Waals surface area contributed by atoms with Gasteiger partial charge in [-0.05, 0) is 0 Å². The summed E-state index contributed by atoms with van der Waals surface area (Å²) in [6.07, 6.45) is 2.25. The van der Waals surface area contributed by atoms with E-state index in [1.54, 1.807) is 42.3 Å². The number of hydrogen-bond acceptors (Lipinski definition) is 3. The van der Waals surface area contributed by atoms with Gasteiger partial charge in [-0.1, -0.05) is 0 Å². The Morgan fingerprint density at radius 1 is 0.562 bits per heavy atom. The average Bonchev–Trinajstić information content (AvgIpc) is 2.19. The first-order chi connectivity index (χ1) is 6.81. The Labute approximate surface area is 102 Å². The van der Waals surface area contributed by atoms with Crippen molar-refractivity contribution in [2.45, 2.75) is 0 Å². The quantitative estimate of drug-likeness (QED) is 0.462. The zero-order chi connectivity index (χ0) is 12.9. The molecule has 0 aliphatic rings. The van der Waals surface area contributed by atoms with Gasteiger partial charge in [0.05, 0.1) is 0 Å². The van der Waals surface area contributed by atoms with Crippen molar-refractivity contribution in [3.63, 3.8) is 0 Å². The average molecular weight is 247 g/mol. The van der Waals surface area contributed by atoms with Crippen LogP contribution in [-0.2, 0) is 14.4 Å². The maximum absolute atomic E-state index is 9.43. The van der Waals surface area contributed by atoms with Crippen LogP contribution in [0.1, 0.15) is 0 Å². The molecule has 0 bridgehead atoms. The first-order valence-corrected chi connectivity index (χ1v) is 4.16. The molecule has 0 aliphatic carbocycles. The second-order valence-electron chi connectivity index (χ2n) is 3.21. The summed E-state index contributed by atoms with van der Waals surface area (Å²) < 4.78 is 0. The molecule has 0 saturated carbocycles. The minimum absolute atomic E-state index is 0. The van der Waals surface area contributed by atoms with Gasteiger partial charge in [-0.25, -0.2) is 0 Å². The smallest absolute Gasteiger partial charge is 0.209 e. The SMILES string of the molecule is CN(C)C=O.CN(C)C=O.CN(C)C=O.[Si]. The molecule has 0 aliphatic heterocycles. The van der Waals surface area contributed by atoms with Crippen LogP contribution in [0.2, 0.25) is 0 Å². The Bertz CT molecular complexity index is 136. The molecule has 0 atom stereocenters. The normalized spacial score (nSPS) is 6.38. The van der Waals surface area contributed by atoms with Crippen molar-refractivity contribution in [3.05, 3.63) is 0 Å². The predicted molar refractivity (Wildman–Crippen MR) is 65.0 cm³/mol. The third-order valence-electron chi connectivity index (χ3n) is 0.632. The van der Waals surface area contributed by atoms with E-state index < -0.39 is 0 Å². The van der Waals surface area contributed by atoms with E-state index in [4.69, 9.17) is 0 Å². The molecule has 0 N–H and O–H groups in total. The fourth-order valence-corrected chi connectivity index (χ4v) is 0. The van der Waals surface area contributed by atoms with E-state index in [1.165, 1.54) is 14.7 Å². The van der Waals surface area contributed by atoms with E-state index in [0.717, 1.165) is 19.2 Å². The van der Waals surface area contributed by atoms with E-state index in [0.29, 0.717) is 0 Å². The summed E-state index contributed by atoms with van der Waals surface area (Å²) in [6, 6.07) is 0. The third kappa shape index (κ3) is 79.7. The molecule has 6 nitrogen and oxygen atoms in total. The molecule has 94 valence electrons. The number of hydrogen-bond donors (Lipinski definition) is 0. The molecule has 0 saturated heterocycles. The van der Waals surface area contributed by atoms with E-state index >= 15 is 0 Å². The van der Waals surface area contributed by atoms with Crippen molar-refractivity contribution >= 4 is 30.2 Å². The molecule has 0 unspecified atom stereocenters. The Kier molecular flexibility index (Phi) is 28.9. The van der Waals surface area contributed by atoms with Crippen molar-refractivity contribution < 1.29 is 14.4 Å². The zero-order valence-electron chi connectivity index (χ0n) is 10.8. The molecule has 0 spiro atoms. The van der Waals surface area contributed by atoms with Gasteiger partial charge in [-0.3, -0.25) is 14.4 Å². The van der Waals surface area contributed by atoms with Crippen LogP contribution in [0, 0.1) is 0 Å². The fourth-order valence-electron chi connectivity index (χ4n) is 0. The number of carbonyl (C=O) groups excluding carboxylic acids is 3. The van der Waals surface area contributed by atoms with Crippen LogP contribution < -0.4 is 0 Å². The summed E-state index contributed by atoms with van der Waals surface area (Å²) in [7, 11) is 10.1. The van der Waals surface area contributed by atoms with Gasteiger partial charge in [-0.2, -0.15) is 0 Å². The van der Waals surface area contributed by atoms with Crippen LogP contribution in [0.15, 0.2) is 0 Å². The van der Waals surface area contributed by atoms with Crippen LogP contribution in [-0.4, -0.2) is 87.2 Å². The Hall–Kier alpha value is -1.37. The molecule has 0 rings (SSSR count). The summed E-state index contributed by atoms with van der Waals surface area (Å²) in [5.74, 6) is 0. The maximum Gasteiger partial charge on any atom is 0.209 e. The molecular formula is C9H21N3O3Si. The second kappa shape index (κ2) is 19.2. The van der Waals surface area contributed by atoms with Gasteiger partial charge in [0.2, 0.25) is 19.2 Å². The van der Waals surface area contributed by atoms with Gasteiger partial charge in [-0.15, -0.1) is 0 Å². The van der Waals surface area contributed by atoms with E-state index in [9.17, 15) is 14.4 Å². The molecule has 3 amide bonds. The van der Waals surface area contributed by atoms with Crippen molar-refractivity contribution in [3.8, 4) is 0 Å². The van der Waals surface area contributed by atoms with Crippen LogP contribution in [0.25, 0.3) is 0 Å². The van der Waals surface area contributed by atoms with E-state index in [2.05, 4.69) is 0 Å². The molecule has 0 aromatic heterocycles. The summed E-state index contributed by atoms with van der Waals surface area (Å²) in [4.78, 5) is 32.6. The van der Waals surface area contributed by atoms with Gasteiger partial charge in [0.25, 0.3) is 0 Å². The standard InChI is InChI=1S/3C3H7NO.Si/c3*1-4(2)3-5;/h3*3H,1-2H3;. The number of rotatable bonds is 3. The number of amides is 3. The van der Waals surface area contributed by atoms with Crippen molar-refractivity contribution in [2.24, 2.45) is 0 Å². The topological polar surface area (TPSA) is 60.9 Å². The number of carbonyl (C=O) groups is 3. The molecule has 16 heavy (non-hydrogen) atoms. The minimum atomic E-state index is 0. The molecule has 4 radical (unpaired) electrons. The van der Waals surface area contributed by atoms with Crippen LogP contribution >= 0.6 is 0 Å². The molecule has 0 fully saturated rings. The third-order valence-corrected chi connectivity index (χ3v) is 0.632. The molecule has 0 heterocycles. The highest BCUT2D eigenvalue weighted by molar-refractivity contribution is 5.75. The fraction of sp³-hybridized carbons (Fsp3) is 0.667. The lowest BCUT2D eigenvalue weighted by molar-refractivity contribution is -0.116. The maximum atomic E-state index is 9.43. The van der Waals surface area contributed by atoms with E-state index in [-0.39, 0.29) is 11.0 Å². The molecular weight excluding hydrogens is 226 g/mol. The Balaban J connectivity index is -0.0000000655. The first-order valence-electron chi connectivity index (χ1n) is 4.16. The first kappa shape index (κ1) is 24.1. The summed E-state index contributed by atoms with van der Waals surface area (Å²) in [6.45, 7) is 0. The lowest BCUT2D eigenvalue weighted by atomic mass is 11.0. The molecule has 7 heteroatoms. The van der Waals surface area contributed by atoms with Gasteiger partial charge < -0.3 is 14.7 Å². The van der Waals surface area contributed by atoms with Gasteiger partial charge in [0.15, 0.2) is 0 Å². The van der Waals surface area contributed by atoms with Crippen molar-refractivity contribution in [2.75, 3.05) is 42.3 Å². The lowest BCUT2D eigenvalue weighted by Crippen LogP contribution is -2.06. The van der Waals surface area contributed by atoms with Gasteiger partial charge >= 0.3 is 0 Å². The Morgan fingerprint density at radius 2 is 0.625 bits per heavy atom. The van der Waals surface area contributed by atoms with Crippen molar-refractivity contribution in [1.82, 2.24) is 14.7 Å². The predicted octanol–water partition coefficient (Wildman–Crippen LogP) is -1.27. The monoisotopic (exact) mass is 247 g/mol. The van der Waals surface area contributed by atoms with Gasteiger partial charge in [0.1, 0.15) is 0 Å². The largest absolute Gasteiger partial charge is 0.351 e. The zero-order valence-corrected chi connectivity index (χ0v) is 11.8. The highest BCUT2D eigenvalue weighted by Gasteiger charge is 1.69. The highest BCUT2D eigenvalue weighted by Crippen LogP contribution is 1.53. The lowest BCUT2D eigenvalue weighted by Gasteiger charge is -1.93.